The summed E-state index contributed by atoms with van der Waals surface area (Å²) in [5.74, 6) is 3.03. The average Bonchev–Trinajstić information content (AvgIpc) is 2.37. The van der Waals surface area contributed by atoms with Gasteiger partial charge in [-0.2, -0.15) is 0 Å². The fourth-order valence-corrected chi connectivity index (χ4v) is 6.16. The van der Waals surface area contributed by atoms with Gasteiger partial charge in [0.2, 0.25) is 0 Å². The second-order valence-corrected chi connectivity index (χ2v) is 8.33. The molecule has 2 unspecified atom stereocenters. The summed E-state index contributed by atoms with van der Waals surface area (Å²) in [6.07, 6.45) is 9.22. The molecule has 114 valence electrons. The van der Waals surface area contributed by atoms with Crippen molar-refractivity contribution in [3.05, 3.63) is 0 Å². The minimum absolute atomic E-state index is 0.382. The van der Waals surface area contributed by atoms with Crippen molar-refractivity contribution in [1.29, 1.82) is 0 Å². The summed E-state index contributed by atoms with van der Waals surface area (Å²) in [6, 6.07) is 0.390. The molecule has 4 saturated carbocycles. The fraction of sp³-hybridized carbons (Fsp3) is 1.00. The molecule has 0 spiro atoms. The van der Waals surface area contributed by atoms with Crippen LogP contribution in [-0.4, -0.2) is 43.3 Å². The molecule has 1 heterocycles. The molecule has 2 atom stereocenters. The van der Waals surface area contributed by atoms with Crippen molar-refractivity contribution >= 4 is 0 Å². The Labute approximate surface area is 123 Å². The molecule has 1 saturated heterocycles. The minimum Gasteiger partial charge on any atom is -0.376 e. The van der Waals surface area contributed by atoms with Gasteiger partial charge >= 0.3 is 0 Å². The monoisotopic (exact) mass is 278 g/mol. The summed E-state index contributed by atoms with van der Waals surface area (Å²) >= 11 is 0. The number of morpholine rings is 1. The maximum absolute atomic E-state index is 6.77. The number of hydrogen-bond donors (Lipinski definition) is 1. The van der Waals surface area contributed by atoms with E-state index >= 15 is 0 Å². The van der Waals surface area contributed by atoms with E-state index in [4.69, 9.17) is 10.5 Å². The molecule has 2 N–H and O–H groups in total. The van der Waals surface area contributed by atoms with E-state index in [0.717, 1.165) is 44.0 Å². The van der Waals surface area contributed by atoms with Crippen LogP contribution in [0.25, 0.3) is 0 Å². The van der Waals surface area contributed by atoms with Gasteiger partial charge in [-0.05, 0) is 68.6 Å². The molecule has 4 aliphatic carbocycles. The Kier molecular flexibility index (Phi) is 3.36. The van der Waals surface area contributed by atoms with Crippen LogP contribution in [0.15, 0.2) is 0 Å². The summed E-state index contributed by atoms with van der Waals surface area (Å²) in [4.78, 5) is 2.55. The van der Waals surface area contributed by atoms with E-state index in [1.807, 2.05) is 0 Å². The number of ether oxygens (including phenoxy) is 1. The SMILES string of the molecule is CC1CN(CC(N)C23CC4CC(CC(C4)C2)C3)CCO1. The van der Waals surface area contributed by atoms with Crippen LogP contribution in [0.5, 0.6) is 0 Å². The molecule has 5 fully saturated rings. The smallest absolute Gasteiger partial charge is 0.0674 e. The average molecular weight is 278 g/mol. The lowest BCUT2D eigenvalue weighted by atomic mass is 9.48. The first-order valence-corrected chi connectivity index (χ1v) is 8.72. The van der Waals surface area contributed by atoms with E-state index < -0.39 is 0 Å². The van der Waals surface area contributed by atoms with Gasteiger partial charge in [-0.3, -0.25) is 4.90 Å². The third-order valence-corrected chi connectivity index (χ3v) is 6.65. The highest BCUT2D eigenvalue weighted by atomic mass is 16.5. The summed E-state index contributed by atoms with van der Waals surface area (Å²) in [5.41, 5.74) is 7.26. The molecular weight excluding hydrogens is 248 g/mol. The predicted octanol–water partition coefficient (Wildman–Crippen LogP) is 2.25. The van der Waals surface area contributed by atoms with Crippen LogP contribution in [0, 0.1) is 23.2 Å². The van der Waals surface area contributed by atoms with Gasteiger partial charge in [0.25, 0.3) is 0 Å². The molecule has 0 aromatic heterocycles. The third kappa shape index (κ3) is 2.32. The molecule has 3 heteroatoms. The van der Waals surface area contributed by atoms with Gasteiger partial charge in [0.1, 0.15) is 0 Å². The van der Waals surface area contributed by atoms with Gasteiger partial charge < -0.3 is 10.5 Å². The van der Waals surface area contributed by atoms with E-state index in [2.05, 4.69) is 11.8 Å². The number of rotatable bonds is 3. The summed E-state index contributed by atoms with van der Waals surface area (Å²) in [5, 5.41) is 0. The second-order valence-electron chi connectivity index (χ2n) is 8.33. The lowest BCUT2D eigenvalue weighted by molar-refractivity contribution is -0.0801. The number of nitrogens with zero attached hydrogens (tertiary/aromatic N) is 1. The van der Waals surface area contributed by atoms with E-state index in [1.165, 1.54) is 38.5 Å². The molecule has 0 radical (unpaired) electrons. The minimum atomic E-state index is 0.382. The van der Waals surface area contributed by atoms with Gasteiger partial charge in [-0.25, -0.2) is 0 Å². The molecule has 0 aromatic rings. The molecule has 20 heavy (non-hydrogen) atoms. The number of hydrogen-bond acceptors (Lipinski definition) is 3. The van der Waals surface area contributed by atoms with E-state index in [0.29, 0.717) is 17.6 Å². The van der Waals surface area contributed by atoms with Gasteiger partial charge in [0.15, 0.2) is 0 Å². The van der Waals surface area contributed by atoms with Gasteiger partial charge in [-0.15, -0.1) is 0 Å². The first-order valence-electron chi connectivity index (χ1n) is 8.72. The van der Waals surface area contributed by atoms with Crippen molar-refractivity contribution in [3.63, 3.8) is 0 Å². The highest BCUT2D eigenvalue weighted by molar-refractivity contribution is 5.06. The molecule has 0 aromatic carbocycles. The maximum atomic E-state index is 6.77. The Morgan fingerprint density at radius 2 is 1.75 bits per heavy atom. The fourth-order valence-electron chi connectivity index (χ4n) is 6.16. The molecule has 4 bridgehead atoms. The topological polar surface area (TPSA) is 38.5 Å². The van der Waals surface area contributed by atoms with Gasteiger partial charge in [0, 0.05) is 25.7 Å². The Hall–Kier alpha value is -0.120. The second kappa shape index (κ2) is 4.96. The summed E-state index contributed by atoms with van der Waals surface area (Å²) in [6.45, 7) is 6.31. The highest BCUT2D eigenvalue weighted by Gasteiger charge is 2.53. The Bertz CT molecular complexity index is 335. The molecule has 1 aliphatic heterocycles. The highest BCUT2D eigenvalue weighted by Crippen LogP contribution is 2.61. The van der Waals surface area contributed by atoms with E-state index in [-0.39, 0.29) is 0 Å². The van der Waals surface area contributed by atoms with Gasteiger partial charge in [0.05, 0.1) is 12.7 Å². The van der Waals surface area contributed by atoms with Crippen molar-refractivity contribution in [2.75, 3.05) is 26.2 Å². The van der Waals surface area contributed by atoms with Crippen molar-refractivity contribution in [3.8, 4) is 0 Å². The quantitative estimate of drug-likeness (QED) is 0.860. The van der Waals surface area contributed by atoms with Crippen LogP contribution < -0.4 is 5.73 Å². The lowest BCUT2D eigenvalue weighted by Gasteiger charge is -2.59. The molecular formula is C17H30N2O. The zero-order valence-electron chi connectivity index (χ0n) is 12.9. The van der Waals surface area contributed by atoms with Crippen LogP contribution >= 0.6 is 0 Å². The summed E-state index contributed by atoms with van der Waals surface area (Å²) in [7, 11) is 0. The first-order chi connectivity index (χ1) is 9.63. The summed E-state index contributed by atoms with van der Waals surface area (Å²) < 4.78 is 5.66. The number of nitrogens with two attached hydrogens (primary N) is 1. The molecule has 0 amide bonds. The lowest BCUT2D eigenvalue weighted by Crippen LogP contribution is -2.58. The van der Waals surface area contributed by atoms with E-state index in [9.17, 15) is 0 Å². The Morgan fingerprint density at radius 1 is 1.15 bits per heavy atom. The zero-order chi connectivity index (χ0) is 13.7. The van der Waals surface area contributed by atoms with Crippen LogP contribution in [-0.2, 0) is 4.74 Å². The van der Waals surface area contributed by atoms with Gasteiger partial charge in [-0.1, -0.05) is 0 Å². The molecule has 5 aliphatic rings. The Balaban J connectivity index is 1.44. The van der Waals surface area contributed by atoms with Crippen molar-refractivity contribution in [2.24, 2.45) is 28.9 Å². The van der Waals surface area contributed by atoms with Crippen molar-refractivity contribution in [2.45, 2.75) is 57.6 Å². The zero-order valence-corrected chi connectivity index (χ0v) is 12.9. The molecule has 5 rings (SSSR count). The predicted molar refractivity (Wildman–Crippen MR) is 80.4 cm³/mol. The largest absolute Gasteiger partial charge is 0.376 e. The van der Waals surface area contributed by atoms with E-state index in [1.54, 1.807) is 0 Å². The first kappa shape index (κ1) is 13.5. The van der Waals surface area contributed by atoms with Crippen LogP contribution in [0.1, 0.15) is 45.4 Å². The van der Waals surface area contributed by atoms with Crippen LogP contribution in [0.2, 0.25) is 0 Å². The normalized spacial score (nSPS) is 49.5. The van der Waals surface area contributed by atoms with Crippen LogP contribution in [0.3, 0.4) is 0 Å². The third-order valence-electron chi connectivity index (χ3n) is 6.65. The van der Waals surface area contributed by atoms with Crippen LogP contribution in [0.4, 0.5) is 0 Å². The standard InChI is InChI=1S/C17H30N2O/c1-12-10-19(2-3-20-12)11-16(18)17-7-13-4-14(8-17)6-15(5-13)9-17/h12-16H,2-11,18H2,1H3. The molecule has 3 nitrogen and oxygen atoms in total. The van der Waals surface area contributed by atoms with Crippen molar-refractivity contribution < 1.29 is 4.74 Å². The van der Waals surface area contributed by atoms with Crippen molar-refractivity contribution in [1.82, 2.24) is 4.90 Å². The maximum Gasteiger partial charge on any atom is 0.0674 e. The Morgan fingerprint density at radius 3 is 2.30 bits per heavy atom.